The molecule has 0 N–H and O–H groups in total. The number of benzene rings is 1. The summed E-state index contributed by atoms with van der Waals surface area (Å²) in [6.45, 7) is 1.95. The van der Waals surface area contributed by atoms with Crippen LogP contribution in [0, 0.1) is 6.92 Å². The van der Waals surface area contributed by atoms with Gasteiger partial charge in [-0.05, 0) is 36.6 Å². The Labute approximate surface area is 94.5 Å². The van der Waals surface area contributed by atoms with Crippen molar-refractivity contribution >= 4 is 28.1 Å². The molecule has 0 unspecified atom stereocenters. The van der Waals surface area contributed by atoms with Crippen molar-refractivity contribution in [2.75, 3.05) is 19.0 Å². The number of rotatable bonds is 1. The van der Waals surface area contributed by atoms with Gasteiger partial charge in [0.1, 0.15) is 5.15 Å². The first-order valence-corrected chi connectivity index (χ1v) is 5.20. The van der Waals surface area contributed by atoms with Gasteiger partial charge in [0.15, 0.2) is 0 Å². The number of anilines is 1. The van der Waals surface area contributed by atoms with Crippen molar-refractivity contribution in [3.8, 4) is 0 Å². The van der Waals surface area contributed by atoms with Crippen molar-refractivity contribution in [3.63, 3.8) is 0 Å². The highest BCUT2D eigenvalue weighted by atomic mass is 35.5. The molecule has 0 aliphatic rings. The van der Waals surface area contributed by atoms with Crippen molar-refractivity contribution in [3.05, 3.63) is 35.1 Å². The highest BCUT2D eigenvalue weighted by molar-refractivity contribution is 6.34. The largest absolute Gasteiger partial charge is 0.378 e. The number of aromatic nitrogens is 1. The molecule has 15 heavy (non-hydrogen) atoms. The molecule has 2 aromatic rings. The van der Waals surface area contributed by atoms with Crippen LogP contribution in [0.1, 0.15) is 5.69 Å². The number of pyridine rings is 1. The Morgan fingerprint density at radius 2 is 1.93 bits per heavy atom. The van der Waals surface area contributed by atoms with Gasteiger partial charge in [0, 0.05) is 30.9 Å². The smallest absolute Gasteiger partial charge is 0.137 e. The van der Waals surface area contributed by atoms with Gasteiger partial charge in [-0.1, -0.05) is 11.6 Å². The summed E-state index contributed by atoms with van der Waals surface area (Å²) in [4.78, 5) is 6.30. The Bertz CT molecular complexity index is 506. The fourth-order valence-corrected chi connectivity index (χ4v) is 1.91. The lowest BCUT2D eigenvalue weighted by molar-refractivity contribution is 1.13. The van der Waals surface area contributed by atoms with E-state index in [1.807, 2.05) is 39.2 Å². The predicted molar refractivity (Wildman–Crippen MR) is 65.8 cm³/mol. The summed E-state index contributed by atoms with van der Waals surface area (Å²) in [6.07, 6.45) is 0. The van der Waals surface area contributed by atoms with E-state index in [2.05, 4.69) is 16.0 Å². The number of fused-ring (bicyclic) bond motifs is 1. The molecule has 0 bridgehead atoms. The standard InChI is InChI=1S/C12H13ClN2/c1-8-6-9-7-10(15(2)3)4-5-11(9)12(13)14-8/h4-7H,1-3H3. The van der Waals surface area contributed by atoms with Crippen LogP contribution >= 0.6 is 11.6 Å². The maximum Gasteiger partial charge on any atom is 0.137 e. The zero-order chi connectivity index (χ0) is 11.0. The van der Waals surface area contributed by atoms with Gasteiger partial charge in [-0.2, -0.15) is 0 Å². The molecule has 3 heteroatoms. The summed E-state index contributed by atoms with van der Waals surface area (Å²) in [7, 11) is 4.05. The van der Waals surface area contributed by atoms with E-state index in [1.165, 1.54) is 5.69 Å². The molecular formula is C12H13ClN2. The quantitative estimate of drug-likeness (QED) is 0.686. The topological polar surface area (TPSA) is 16.1 Å². The Morgan fingerprint density at radius 1 is 1.20 bits per heavy atom. The fraction of sp³-hybridized carbons (Fsp3) is 0.250. The maximum absolute atomic E-state index is 6.07. The first-order valence-electron chi connectivity index (χ1n) is 4.82. The summed E-state index contributed by atoms with van der Waals surface area (Å²) >= 11 is 6.07. The molecule has 0 radical (unpaired) electrons. The van der Waals surface area contributed by atoms with E-state index in [4.69, 9.17) is 11.6 Å². The summed E-state index contributed by atoms with van der Waals surface area (Å²) < 4.78 is 0. The van der Waals surface area contributed by atoms with E-state index in [-0.39, 0.29) is 0 Å². The molecule has 2 rings (SSSR count). The van der Waals surface area contributed by atoms with Crippen LogP contribution in [0.25, 0.3) is 10.8 Å². The van der Waals surface area contributed by atoms with Gasteiger partial charge in [0.2, 0.25) is 0 Å². The summed E-state index contributed by atoms with van der Waals surface area (Å²) in [5, 5.41) is 2.72. The lowest BCUT2D eigenvalue weighted by atomic mass is 10.1. The second-order valence-electron chi connectivity index (χ2n) is 3.85. The molecular weight excluding hydrogens is 208 g/mol. The number of halogens is 1. The van der Waals surface area contributed by atoms with Crippen molar-refractivity contribution < 1.29 is 0 Å². The Hall–Kier alpha value is -1.28. The van der Waals surface area contributed by atoms with Gasteiger partial charge in [0.25, 0.3) is 0 Å². The average molecular weight is 221 g/mol. The average Bonchev–Trinajstić information content (AvgIpc) is 2.16. The fourth-order valence-electron chi connectivity index (χ4n) is 1.61. The van der Waals surface area contributed by atoms with E-state index in [1.54, 1.807) is 0 Å². The molecule has 78 valence electrons. The first kappa shape index (κ1) is 10.2. The number of aryl methyl sites for hydroxylation is 1. The van der Waals surface area contributed by atoms with Gasteiger partial charge in [-0.15, -0.1) is 0 Å². The molecule has 1 aromatic carbocycles. The van der Waals surface area contributed by atoms with Crippen LogP contribution in [0.15, 0.2) is 24.3 Å². The molecule has 0 atom stereocenters. The van der Waals surface area contributed by atoms with Crippen molar-refractivity contribution in [2.24, 2.45) is 0 Å². The second kappa shape index (κ2) is 3.70. The van der Waals surface area contributed by atoms with E-state index < -0.39 is 0 Å². The summed E-state index contributed by atoms with van der Waals surface area (Å²) in [6, 6.07) is 8.23. The second-order valence-corrected chi connectivity index (χ2v) is 4.21. The van der Waals surface area contributed by atoms with E-state index in [0.29, 0.717) is 5.15 Å². The van der Waals surface area contributed by atoms with Crippen LogP contribution in [0.3, 0.4) is 0 Å². The lowest BCUT2D eigenvalue weighted by Crippen LogP contribution is -2.08. The SMILES string of the molecule is Cc1cc2cc(N(C)C)ccc2c(Cl)n1. The minimum atomic E-state index is 0.579. The van der Waals surface area contributed by atoms with Crippen LogP contribution < -0.4 is 4.90 Å². The Morgan fingerprint density at radius 3 is 2.60 bits per heavy atom. The molecule has 1 heterocycles. The zero-order valence-electron chi connectivity index (χ0n) is 9.08. The number of nitrogens with zero attached hydrogens (tertiary/aromatic N) is 2. The van der Waals surface area contributed by atoms with Crippen LogP contribution in [-0.2, 0) is 0 Å². The molecule has 0 fully saturated rings. The number of hydrogen-bond donors (Lipinski definition) is 0. The van der Waals surface area contributed by atoms with Gasteiger partial charge < -0.3 is 4.90 Å². The Kier molecular flexibility index (Phi) is 2.53. The number of hydrogen-bond acceptors (Lipinski definition) is 2. The normalized spacial score (nSPS) is 10.7. The third-order valence-electron chi connectivity index (χ3n) is 2.41. The van der Waals surface area contributed by atoms with Gasteiger partial charge in [-0.3, -0.25) is 0 Å². The highest BCUT2D eigenvalue weighted by Crippen LogP contribution is 2.26. The van der Waals surface area contributed by atoms with Gasteiger partial charge in [0.05, 0.1) is 0 Å². The van der Waals surface area contributed by atoms with Crippen molar-refractivity contribution in [2.45, 2.75) is 6.92 Å². The lowest BCUT2D eigenvalue weighted by Gasteiger charge is -2.13. The third kappa shape index (κ3) is 1.90. The predicted octanol–water partition coefficient (Wildman–Crippen LogP) is 3.26. The monoisotopic (exact) mass is 220 g/mol. The molecule has 0 amide bonds. The summed E-state index contributed by atoms with van der Waals surface area (Å²) in [5.41, 5.74) is 2.12. The molecule has 2 nitrogen and oxygen atoms in total. The molecule has 1 aromatic heterocycles. The van der Waals surface area contributed by atoms with Crippen LogP contribution in [-0.4, -0.2) is 19.1 Å². The van der Waals surface area contributed by atoms with Gasteiger partial charge in [-0.25, -0.2) is 4.98 Å². The minimum absolute atomic E-state index is 0.579. The van der Waals surface area contributed by atoms with Gasteiger partial charge >= 0.3 is 0 Å². The van der Waals surface area contributed by atoms with E-state index >= 15 is 0 Å². The third-order valence-corrected chi connectivity index (χ3v) is 2.70. The van der Waals surface area contributed by atoms with Crippen molar-refractivity contribution in [1.29, 1.82) is 0 Å². The Balaban J connectivity index is 2.71. The molecule has 0 saturated heterocycles. The zero-order valence-corrected chi connectivity index (χ0v) is 9.84. The van der Waals surface area contributed by atoms with Crippen LogP contribution in [0.4, 0.5) is 5.69 Å². The first-order chi connectivity index (χ1) is 7.08. The highest BCUT2D eigenvalue weighted by Gasteiger charge is 2.03. The molecule has 0 spiro atoms. The molecule has 0 aliphatic carbocycles. The molecule has 0 saturated carbocycles. The van der Waals surface area contributed by atoms with E-state index in [0.717, 1.165) is 16.5 Å². The van der Waals surface area contributed by atoms with Crippen molar-refractivity contribution in [1.82, 2.24) is 4.98 Å². The van der Waals surface area contributed by atoms with Crippen LogP contribution in [0.5, 0.6) is 0 Å². The molecule has 0 aliphatic heterocycles. The summed E-state index contributed by atoms with van der Waals surface area (Å²) in [5.74, 6) is 0. The van der Waals surface area contributed by atoms with E-state index in [9.17, 15) is 0 Å². The van der Waals surface area contributed by atoms with Crippen LogP contribution in [0.2, 0.25) is 5.15 Å². The minimum Gasteiger partial charge on any atom is -0.378 e. The maximum atomic E-state index is 6.07.